The van der Waals surface area contributed by atoms with E-state index in [1.54, 1.807) is 34.2 Å². The van der Waals surface area contributed by atoms with Crippen molar-refractivity contribution in [2.75, 3.05) is 0 Å². The number of halogens is 6. The van der Waals surface area contributed by atoms with Crippen molar-refractivity contribution in [1.29, 1.82) is 0 Å². The third-order valence-electron chi connectivity index (χ3n) is 3.10. The van der Waals surface area contributed by atoms with E-state index in [4.69, 9.17) is 0 Å². The third kappa shape index (κ3) is 7.35. The molecule has 0 aliphatic heterocycles. The fourth-order valence-electron chi connectivity index (χ4n) is 2.06. The van der Waals surface area contributed by atoms with E-state index in [-0.39, 0.29) is 5.56 Å². The zero-order valence-corrected chi connectivity index (χ0v) is 15.3. The molecule has 3 heterocycles. The average molecular weight is 429 g/mol. The molecule has 3 aromatic heterocycles. The van der Waals surface area contributed by atoms with Crippen LogP contribution in [0.4, 0.5) is 25.2 Å². The summed E-state index contributed by atoms with van der Waals surface area (Å²) < 4.78 is 66.4. The molecule has 7 nitrogen and oxygen atoms in total. The minimum atomic E-state index is -10.7. The van der Waals surface area contributed by atoms with Gasteiger partial charge in [0.15, 0.2) is 0 Å². The zero-order valence-electron chi connectivity index (χ0n) is 14.4. The number of carboxylic acids is 1. The van der Waals surface area contributed by atoms with Crippen molar-refractivity contribution >= 4 is 13.8 Å². The van der Waals surface area contributed by atoms with E-state index in [0.717, 1.165) is 0 Å². The van der Waals surface area contributed by atoms with Gasteiger partial charge in [0.2, 0.25) is 24.3 Å². The zero-order chi connectivity index (χ0) is 21.4. The topological polar surface area (TPSA) is 70.6 Å². The van der Waals surface area contributed by atoms with Crippen LogP contribution in [0.15, 0.2) is 49.6 Å². The summed E-state index contributed by atoms with van der Waals surface area (Å²) >= 11 is 0. The molecule has 0 atom stereocenters. The van der Waals surface area contributed by atoms with Crippen LogP contribution < -0.4 is 14.2 Å². The van der Waals surface area contributed by atoms with Gasteiger partial charge in [-0.2, -0.15) is 14.1 Å². The molecule has 0 fully saturated rings. The number of aromatic nitrogens is 5. The van der Waals surface area contributed by atoms with Crippen molar-refractivity contribution in [3.63, 3.8) is 0 Å². The number of carbonyl (C=O) groups excluding carboxylic acids is 1. The summed E-state index contributed by atoms with van der Waals surface area (Å²) in [6.07, 6.45) is 10.9. The Kier molecular flexibility index (Phi) is 4.80. The first kappa shape index (κ1) is 21.4. The predicted molar refractivity (Wildman–Crippen MR) is 83.1 cm³/mol. The van der Waals surface area contributed by atoms with Crippen molar-refractivity contribution in [2.45, 2.75) is 0 Å². The molecule has 0 aromatic carbocycles. The number of nitrogens with zero attached hydrogens (tertiary/aromatic N) is 5. The fraction of sp³-hybridized carbons (Fsp3) is 0.143. The normalized spacial score (nSPS) is 13.9. The van der Waals surface area contributed by atoms with Gasteiger partial charge in [-0.05, 0) is 0 Å². The summed E-state index contributed by atoms with van der Waals surface area (Å²) in [6, 6.07) is 2.98. The number of hydrogen-bond acceptors (Lipinski definition) is 3. The molecule has 3 rings (SSSR count). The molecule has 0 saturated carbocycles. The summed E-state index contributed by atoms with van der Waals surface area (Å²) in [6.45, 7) is 0. The number of rotatable bonds is 3. The van der Waals surface area contributed by atoms with E-state index in [2.05, 4.69) is 4.98 Å². The summed E-state index contributed by atoms with van der Waals surface area (Å²) in [5.41, 5.74) is 0.0858. The second kappa shape index (κ2) is 6.30. The van der Waals surface area contributed by atoms with Crippen molar-refractivity contribution in [1.82, 2.24) is 14.1 Å². The quantitative estimate of drug-likeness (QED) is 0.364. The Morgan fingerprint density at radius 3 is 1.54 bits per heavy atom. The number of imidazole rings is 2. The fourth-order valence-corrected chi connectivity index (χ4v) is 2.06. The van der Waals surface area contributed by atoms with Gasteiger partial charge in [0.05, 0.1) is 20.1 Å². The van der Waals surface area contributed by atoms with E-state index in [0.29, 0.717) is 11.6 Å². The molecule has 0 aliphatic carbocycles. The van der Waals surface area contributed by atoms with Crippen LogP contribution in [-0.2, 0) is 14.1 Å². The van der Waals surface area contributed by atoms with E-state index in [1.807, 2.05) is 35.6 Å². The van der Waals surface area contributed by atoms with Gasteiger partial charge >= 0.3 is 33.0 Å². The van der Waals surface area contributed by atoms with Crippen LogP contribution in [0.3, 0.4) is 0 Å². The Morgan fingerprint density at radius 1 is 0.929 bits per heavy atom. The van der Waals surface area contributed by atoms with E-state index >= 15 is 0 Å². The Labute approximate surface area is 154 Å². The van der Waals surface area contributed by atoms with E-state index in [1.165, 1.54) is 12.1 Å². The maximum absolute atomic E-state index is 11.2. The van der Waals surface area contributed by atoms with Crippen molar-refractivity contribution in [3.05, 3.63) is 55.1 Å². The second-order valence-electron chi connectivity index (χ2n) is 5.79. The molecule has 28 heavy (non-hydrogen) atoms. The van der Waals surface area contributed by atoms with Crippen LogP contribution in [0.2, 0.25) is 0 Å². The van der Waals surface area contributed by atoms with E-state index in [9.17, 15) is 35.1 Å². The van der Waals surface area contributed by atoms with Gasteiger partial charge in [0, 0.05) is 17.7 Å². The van der Waals surface area contributed by atoms with Gasteiger partial charge in [0.1, 0.15) is 24.8 Å². The Morgan fingerprint density at radius 2 is 1.29 bits per heavy atom. The molecule has 0 amide bonds. The summed E-state index contributed by atoms with van der Waals surface area (Å²) in [5.74, 6) is -0.194. The van der Waals surface area contributed by atoms with Crippen LogP contribution >= 0.6 is 7.81 Å². The summed E-state index contributed by atoms with van der Waals surface area (Å²) in [4.78, 5) is 15.7. The van der Waals surface area contributed by atoms with Crippen LogP contribution in [0.5, 0.6) is 0 Å². The van der Waals surface area contributed by atoms with Gasteiger partial charge in [-0.3, -0.25) is 0 Å². The molecular formula is C14H14F6N5O2P. The first-order valence-corrected chi connectivity index (χ1v) is 9.38. The number of pyridine rings is 1. The Hall–Kier alpha value is -2.95. The molecule has 0 spiro atoms. The number of hydrogen-bond donors (Lipinski definition) is 0. The number of aryl methyl sites for hydroxylation is 2. The minimum absolute atomic E-state index is 0.0858. The molecule has 0 saturated heterocycles. The molecule has 0 unspecified atom stereocenters. The van der Waals surface area contributed by atoms with Crippen LogP contribution in [0.1, 0.15) is 10.4 Å². The monoisotopic (exact) mass is 429 g/mol. The molecule has 0 radical (unpaired) electrons. The van der Waals surface area contributed by atoms with Gasteiger partial charge in [-0.1, -0.05) is 0 Å². The maximum atomic E-state index is 11.2. The molecule has 0 N–H and O–H groups in total. The van der Waals surface area contributed by atoms with Crippen LogP contribution in [-0.4, -0.2) is 20.1 Å². The molecule has 0 aliphatic rings. The summed E-state index contributed by atoms with van der Waals surface area (Å²) in [5, 5.41) is 11.2. The Bertz CT molecular complexity index is 959. The van der Waals surface area contributed by atoms with Gasteiger partial charge in [0.25, 0.3) is 0 Å². The molecule has 0 bridgehead atoms. The van der Waals surface area contributed by atoms with E-state index < -0.39 is 13.8 Å². The Balaban J connectivity index is 0.000000345. The van der Waals surface area contributed by atoms with Gasteiger partial charge < -0.3 is 9.90 Å². The molecule has 154 valence electrons. The van der Waals surface area contributed by atoms with Crippen molar-refractivity contribution < 1.29 is 44.2 Å². The van der Waals surface area contributed by atoms with Crippen LogP contribution in [0.25, 0.3) is 11.6 Å². The first-order chi connectivity index (χ1) is 12.5. The second-order valence-corrected chi connectivity index (χ2v) is 7.71. The molecule has 14 heteroatoms. The SMILES string of the molecule is C[n+]1ccn(-c2cc(C(=O)[O-])cc(-n3cc[n+](C)c3)n2)c1.F[P-](F)(F)(F)(F)F. The molecule has 3 aromatic rings. The number of carboxylic acid groups (broad SMARTS) is 1. The number of carbonyl (C=O) groups is 1. The average Bonchev–Trinajstić information content (AvgIpc) is 3.12. The third-order valence-corrected chi connectivity index (χ3v) is 3.10. The predicted octanol–water partition coefficient (Wildman–Crippen LogP) is 2.06. The standard InChI is InChI=1S/C14H14N5O2.F6P/c1-16-3-5-18(9-16)12-7-11(14(20)21)8-13(15-12)19-6-4-17(2)10-19;1-7(2,3,4,5)6/h3-10H,1-2H3;/q+1;-1. The van der Waals surface area contributed by atoms with Gasteiger partial charge in [-0.25, -0.2) is 9.13 Å². The number of aromatic carboxylic acids is 1. The first-order valence-electron chi connectivity index (χ1n) is 7.35. The van der Waals surface area contributed by atoms with Gasteiger partial charge in [-0.15, -0.1) is 0 Å². The molecular weight excluding hydrogens is 415 g/mol. The van der Waals surface area contributed by atoms with Crippen LogP contribution in [0, 0.1) is 0 Å². The van der Waals surface area contributed by atoms with Crippen molar-refractivity contribution in [2.24, 2.45) is 14.1 Å². The summed E-state index contributed by atoms with van der Waals surface area (Å²) in [7, 11) is -6.90. The van der Waals surface area contributed by atoms with Crippen molar-refractivity contribution in [3.8, 4) is 11.6 Å².